The molecule has 0 unspecified atom stereocenters. The Hall–Kier alpha value is -5.45. The van der Waals surface area contributed by atoms with Crippen LogP contribution in [0.4, 0.5) is 4.79 Å². The molecule has 0 bridgehead atoms. The average Bonchev–Trinajstić information content (AvgIpc) is 3.56. The summed E-state index contributed by atoms with van der Waals surface area (Å²) in [5.41, 5.74) is -0.889. The third-order valence-electron chi connectivity index (χ3n) is 7.55. The van der Waals surface area contributed by atoms with Crippen LogP contribution in [0.3, 0.4) is 0 Å². The van der Waals surface area contributed by atoms with Gasteiger partial charge in [-0.2, -0.15) is 0 Å². The third-order valence-corrected chi connectivity index (χ3v) is 7.55. The molecule has 2 amide bonds. The van der Waals surface area contributed by atoms with E-state index in [1.165, 1.54) is 13.1 Å². The van der Waals surface area contributed by atoms with Crippen LogP contribution in [-0.2, 0) is 49.3 Å². The van der Waals surface area contributed by atoms with Crippen LogP contribution < -0.4 is 21.9 Å². The molecule has 1 aliphatic rings. The molecule has 50 heavy (non-hydrogen) atoms. The number of nitrogens with one attached hydrogen (secondary N) is 4. The van der Waals surface area contributed by atoms with E-state index in [4.69, 9.17) is 23.7 Å². The molecule has 1 fully saturated rings. The molecule has 3 aromatic rings. The van der Waals surface area contributed by atoms with E-state index in [0.29, 0.717) is 5.56 Å². The lowest BCUT2D eigenvalue weighted by atomic mass is 10.0. The van der Waals surface area contributed by atoms with Gasteiger partial charge in [-0.05, 0) is 39.3 Å². The van der Waals surface area contributed by atoms with E-state index in [1.54, 1.807) is 27.0 Å². The van der Waals surface area contributed by atoms with E-state index in [2.05, 4.69) is 20.6 Å². The lowest BCUT2D eigenvalue weighted by molar-refractivity contribution is -0.166. The Balaban J connectivity index is 1.75. The van der Waals surface area contributed by atoms with E-state index in [9.17, 15) is 33.6 Å². The van der Waals surface area contributed by atoms with Crippen LogP contribution >= 0.6 is 0 Å². The van der Waals surface area contributed by atoms with Crippen molar-refractivity contribution in [3.63, 3.8) is 0 Å². The van der Waals surface area contributed by atoms with Gasteiger partial charge in [-0.25, -0.2) is 9.59 Å². The first-order valence-electron chi connectivity index (χ1n) is 15.7. The van der Waals surface area contributed by atoms with Crippen molar-refractivity contribution in [1.29, 1.82) is 0 Å². The highest BCUT2D eigenvalue weighted by molar-refractivity contribution is 5.88. The summed E-state index contributed by atoms with van der Waals surface area (Å²) in [5.74, 6) is -3.15. The molecule has 1 aromatic carbocycles. The number of rotatable bonds is 11. The van der Waals surface area contributed by atoms with Gasteiger partial charge in [0, 0.05) is 56.1 Å². The summed E-state index contributed by atoms with van der Waals surface area (Å²) in [4.78, 5) is 94.0. The van der Waals surface area contributed by atoms with Gasteiger partial charge in [0.2, 0.25) is 5.91 Å². The van der Waals surface area contributed by atoms with Gasteiger partial charge in [0.05, 0.1) is 6.04 Å². The quantitative estimate of drug-likeness (QED) is 0.164. The maximum Gasteiger partial charge on any atom is 0.408 e. The number of hydrogen-bond donors (Lipinski definition) is 4. The van der Waals surface area contributed by atoms with Crippen molar-refractivity contribution < 1.29 is 47.7 Å². The third kappa shape index (κ3) is 9.37. The molecule has 4 N–H and O–H groups in total. The summed E-state index contributed by atoms with van der Waals surface area (Å²) >= 11 is 0. The van der Waals surface area contributed by atoms with Crippen molar-refractivity contribution in [2.24, 2.45) is 0 Å². The normalized spacial score (nSPS) is 20.0. The second-order valence-corrected chi connectivity index (χ2v) is 12.8. The minimum absolute atomic E-state index is 0.0149. The number of nitrogens with zero attached hydrogens (tertiary/aromatic N) is 1. The molecule has 3 heterocycles. The monoisotopic (exact) mass is 699 g/mol. The van der Waals surface area contributed by atoms with Crippen molar-refractivity contribution in [2.45, 2.75) is 97.1 Å². The molecule has 0 saturated carbocycles. The molecule has 0 radical (unpaired) electrons. The Labute approximate surface area is 285 Å². The summed E-state index contributed by atoms with van der Waals surface area (Å²) < 4.78 is 28.9. The zero-order valence-corrected chi connectivity index (χ0v) is 28.7. The largest absolute Gasteiger partial charge is 0.464 e. The van der Waals surface area contributed by atoms with Crippen LogP contribution in [0, 0.1) is 6.92 Å². The predicted molar refractivity (Wildman–Crippen MR) is 175 cm³/mol. The molecule has 1 saturated heterocycles. The van der Waals surface area contributed by atoms with Gasteiger partial charge >= 0.3 is 29.7 Å². The fourth-order valence-corrected chi connectivity index (χ4v) is 5.52. The number of amides is 2. The minimum atomic E-state index is -1.48. The average molecular weight is 700 g/mol. The van der Waals surface area contributed by atoms with Gasteiger partial charge in [0.25, 0.3) is 5.56 Å². The van der Waals surface area contributed by atoms with E-state index in [1.807, 2.05) is 24.3 Å². The standard InChI is InChI=1S/C33H41N5O12/c1-16-14-38(31(44)37-28(16)42)30-27(48-19(4)41)26(47-18(3)40)25(49-30)24(15-46-17(2)39)35-29(43)23(36-32(45)50-33(5,6)7)12-20-13-34-22-11-9-8-10-21(20)22/h8-11,13-14,23-27,30,34H,12,15H2,1-7H3,(H,35,43)(H,36,45)(H,37,42,44)/t23-,24-,25+,26-,27-,30+/m0/s1. The highest BCUT2D eigenvalue weighted by Gasteiger charge is 2.54. The second kappa shape index (κ2) is 15.4. The number of aryl methyl sites for hydroxylation is 1. The van der Waals surface area contributed by atoms with Crippen molar-refractivity contribution >= 4 is 40.8 Å². The minimum Gasteiger partial charge on any atom is -0.464 e. The lowest BCUT2D eigenvalue weighted by Crippen LogP contribution is -2.57. The molecular formula is C33H41N5O12. The number of alkyl carbamates (subject to hydrolysis) is 1. The first-order chi connectivity index (χ1) is 23.4. The van der Waals surface area contributed by atoms with Crippen LogP contribution in [0.15, 0.2) is 46.2 Å². The van der Waals surface area contributed by atoms with Crippen molar-refractivity contribution in [3.05, 3.63) is 68.6 Å². The number of hydrogen-bond acceptors (Lipinski definition) is 12. The lowest BCUT2D eigenvalue weighted by Gasteiger charge is -2.30. The molecule has 2 aromatic heterocycles. The Morgan fingerprint density at radius 1 is 0.960 bits per heavy atom. The summed E-state index contributed by atoms with van der Waals surface area (Å²) in [6, 6.07) is 4.78. The molecular weight excluding hydrogens is 658 g/mol. The smallest absolute Gasteiger partial charge is 0.408 e. The van der Waals surface area contributed by atoms with Crippen LogP contribution in [0.25, 0.3) is 10.9 Å². The number of aromatic nitrogens is 3. The SMILES string of the molecule is CC(=O)OC[C@H](NC(=O)[C@H](Cc1c[nH]c2ccccc12)NC(=O)OC(C)(C)C)[C@H]1O[C@@H](n2cc(C)c(=O)[nH]c2=O)[C@@H](OC(C)=O)[C@H]1OC(C)=O. The summed E-state index contributed by atoms with van der Waals surface area (Å²) in [5, 5.41) is 6.13. The van der Waals surface area contributed by atoms with Gasteiger partial charge in [-0.3, -0.25) is 33.5 Å². The maximum absolute atomic E-state index is 14.1. The van der Waals surface area contributed by atoms with E-state index in [0.717, 1.165) is 36.2 Å². The first kappa shape index (κ1) is 37.4. The first-order valence-corrected chi connectivity index (χ1v) is 15.7. The predicted octanol–water partition coefficient (Wildman–Crippen LogP) is 1.27. The zero-order valence-electron chi connectivity index (χ0n) is 28.7. The topological polar surface area (TPSA) is 226 Å². The summed E-state index contributed by atoms with van der Waals surface area (Å²) in [6.07, 6.45) is -3.84. The number of carbonyl (C=O) groups excluding carboxylic acids is 5. The van der Waals surface area contributed by atoms with Crippen LogP contribution in [-0.4, -0.2) is 87.0 Å². The number of para-hydroxylation sites is 1. The molecule has 6 atom stereocenters. The van der Waals surface area contributed by atoms with Crippen LogP contribution in [0.2, 0.25) is 0 Å². The summed E-state index contributed by atoms with van der Waals surface area (Å²) in [7, 11) is 0. The fourth-order valence-electron chi connectivity index (χ4n) is 5.52. The molecule has 4 rings (SSSR count). The number of fused-ring (bicyclic) bond motifs is 1. The molecule has 0 aliphatic carbocycles. The number of benzene rings is 1. The van der Waals surface area contributed by atoms with Crippen molar-refractivity contribution in [1.82, 2.24) is 25.2 Å². The Morgan fingerprint density at radius 2 is 1.62 bits per heavy atom. The van der Waals surface area contributed by atoms with Gasteiger partial charge in [-0.15, -0.1) is 0 Å². The summed E-state index contributed by atoms with van der Waals surface area (Å²) in [6.45, 7) is 9.19. The van der Waals surface area contributed by atoms with Gasteiger partial charge in [0.1, 0.15) is 24.4 Å². The molecule has 17 heteroatoms. The Morgan fingerprint density at radius 3 is 2.26 bits per heavy atom. The molecule has 270 valence electrons. The second-order valence-electron chi connectivity index (χ2n) is 12.8. The number of aromatic amines is 2. The molecule has 17 nitrogen and oxygen atoms in total. The van der Waals surface area contributed by atoms with E-state index < -0.39 is 90.0 Å². The van der Waals surface area contributed by atoms with E-state index in [-0.39, 0.29) is 12.0 Å². The zero-order chi connectivity index (χ0) is 36.9. The Kier molecular flexibility index (Phi) is 11.5. The van der Waals surface area contributed by atoms with Gasteiger partial charge in [0.15, 0.2) is 18.4 Å². The number of ether oxygens (including phenoxy) is 5. The van der Waals surface area contributed by atoms with E-state index >= 15 is 0 Å². The van der Waals surface area contributed by atoms with Gasteiger partial charge in [-0.1, -0.05) is 18.2 Å². The van der Waals surface area contributed by atoms with Gasteiger partial charge < -0.3 is 39.3 Å². The fraction of sp³-hybridized carbons (Fsp3) is 0.485. The van der Waals surface area contributed by atoms with Crippen molar-refractivity contribution in [2.75, 3.05) is 6.61 Å². The maximum atomic E-state index is 14.1. The molecule has 0 spiro atoms. The molecule has 1 aliphatic heterocycles. The highest BCUT2D eigenvalue weighted by Crippen LogP contribution is 2.35. The van der Waals surface area contributed by atoms with Crippen LogP contribution in [0.1, 0.15) is 58.9 Å². The number of carbonyl (C=O) groups is 5. The highest BCUT2D eigenvalue weighted by atomic mass is 16.6. The Bertz CT molecular complexity index is 1870. The number of H-pyrrole nitrogens is 2. The van der Waals surface area contributed by atoms with Crippen molar-refractivity contribution in [3.8, 4) is 0 Å². The van der Waals surface area contributed by atoms with Crippen LogP contribution in [0.5, 0.6) is 0 Å². The number of esters is 3.